The van der Waals surface area contributed by atoms with E-state index in [9.17, 15) is 4.79 Å². The van der Waals surface area contributed by atoms with E-state index in [-0.39, 0.29) is 5.91 Å². The van der Waals surface area contributed by atoms with Crippen molar-refractivity contribution in [3.05, 3.63) is 77.5 Å². The van der Waals surface area contributed by atoms with Crippen LogP contribution in [0.25, 0.3) is 6.08 Å². The zero-order valence-electron chi connectivity index (χ0n) is 18.8. The van der Waals surface area contributed by atoms with E-state index < -0.39 is 0 Å². The molecule has 2 aromatic rings. The number of allylic oxidation sites excluding steroid dienone is 4. The summed E-state index contributed by atoms with van der Waals surface area (Å²) in [7, 11) is 5.17. The van der Waals surface area contributed by atoms with Crippen molar-refractivity contribution < 1.29 is 14.3 Å². The molecule has 0 fully saturated rings. The second-order valence-electron chi connectivity index (χ2n) is 7.17. The van der Waals surface area contributed by atoms with E-state index in [2.05, 4.69) is 20.4 Å². The van der Waals surface area contributed by atoms with Crippen molar-refractivity contribution in [2.45, 2.75) is 19.9 Å². The number of aryl methyl sites for hydroxylation is 1. The molecule has 0 aromatic carbocycles. The number of carbonyl (C=O) groups is 1. The average Bonchev–Trinajstić information content (AvgIpc) is 3.43. The van der Waals surface area contributed by atoms with Crippen LogP contribution in [0.2, 0.25) is 0 Å². The second-order valence-corrected chi connectivity index (χ2v) is 7.17. The lowest BCUT2D eigenvalue weighted by Crippen LogP contribution is -2.30. The number of methoxy groups -OCH3 is 2. The third kappa shape index (κ3) is 6.14. The van der Waals surface area contributed by atoms with Gasteiger partial charge in [0.2, 0.25) is 0 Å². The first-order valence-electron chi connectivity index (χ1n) is 10.2. The van der Waals surface area contributed by atoms with Gasteiger partial charge in [0, 0.05) is 45.4 Å². The van der Waals surface area contributed by atoms with Crippen molar-refractivity contribution in [3.63, 3.8) is 0 Å². The third-order valence-corrected chi connectivity index (χ3v) is 4.86. The van der Waals surface area contributed by atoms with Crippen LogP contribution in [0.1, 0.15) is 29.5 Å². The maximum atomic E-state index is 12.7. The van der Waals surface area contributed by atoms with Gasteiger partial charge in [0.15, 0.2) is 0 Å². The second kappa shape index (κ2) is 11.1. The molecule has 1 amide bonds. The molecule has 2 aromatic heterocycles. The van der Waals surface area contributed by atoms with Gasteiger partial charge in [-0.15, -0.1) is 0 Å². The van der Waals surface area contributed by atoms with Crippen molar-refractivity contribution in [2.75, 3.05) is 20.8 Å². The molecular formula is C23H28N6O3. The van der Waals surface area contributed by atoms with E-state index >= 15 is 0 Å². The first kappa shape index (κ1) is 23.0. The minimum absolute atomic E-state index is 0.276. The molecule has 1 aliphatic heterocycles. The Bertz CT molecular complexity index is 1100. The monoisotopic (exact) mass is 436 g/mol. The van der Waals surface area contributed by atoms with Crippen LogP contribution in [-0.4, -0.2) is 51.9 Å². The Hall–Kier alpha value is -3.72. The molecule has 9 heteroatoms. The summed E-state index contributed by atoms with van der Waals surface area (Å²) < 4.78 is 14.1. The number of carbonyl (C=O) groups excluding carboxylic acids is 1. The Kier molecular flexibility index (Phi) is 7.93. The van der Waals surface area contributed by atoms with Crippen LogP contribution in [0.15, 0.2) is 71.1 Å². The molecule has 1 aliphatic rings. The van der Waals surface area contributed by atoms with Gasteiger partial charge in [-0.25, -0.2) is 9.98 Å². The van der Waals surface area contributed by atoms with Crippen LogP contribution in [0, 0.1) is 0 Å². The molecule has 0 unspecified atom stereocenters. The molecular weight excluding hydrogens is 408 g/mol. The molecule has 0 radical (unpaired) electrons. The number of amidine groups is 1. The van der Waals surface area contributed by atoms with Crippen LogP contribution >= 0.6 is 0 Å². The summed E-state index contributed by atoms with van der Waals surface area (Å²) in [6, 6.07) is 0. The van der Waals surface area contributed by atoms with Crippen molar-refractivity contribution in [2.24, 2.45) is 12.0 Å². The van der Waals surface area contributed by atoms with Gasteiger partial charge in [-0.2, -0.15) is 5.10 Å². The van der Waals surface area contributed by atoms with Gasteiger partial charge in [0.1, 0.15) is 17.4 Å². The number of imidazole rings is 1. The minimum atomic E-state index is -0.276. The fourth-order valence-corrected chi connectivity index (χ4v) is 2.93. The highest BCUT2D eigenvalue weighted by Gasteiger charge is 2.12. The van der Waals surface area contributed by atoms with E-state index in [0.29, 0.717) is 36.7 Å². The average molecular weight is 437 g/mol. The summed E-state index contributed by atoms with van der Waals surface area (Å²) in [4.78, 5) is 21.6. The van der Waals surface area contributed by atoms with E-state index in [1.54, 1.807) is 37.5 Å². The van der Waals surface area contributed by atoms with Crippen LogP contribution in [-0.2, 0) is 23.1 Å². The Labute approximate surface area is 187 Å². The standard InChI is InChI=1S/C23H28N6O3/c1-17(13-22-24-9-10-28(22)2)18-5-6-20(32-4)7-8-21(25-14-18)27-23(30)19-15-26-29(16-19)11-12-31-3/h5-7,9-10,13-16H,8,11-12H2,1-4H3,(H,25,27,30)/b6-5+,17-13+,18-14-,20-7?. The number of hydrogen-bond donors (Lipinski definition) is 1. The maximum Gasteiger partial charge on any atom is 0.259 e. The zero-order valence-corrected chi connectivity index (χ0v) is 18.8. The van der Waals surface area contributed by atoms with E-state index in [1.807, 2.05) is 49.0 Å². The molecule has 0 bridgehead atoms. The fourth-order valence-electron chi connectivity index (χ4n) is 2.93. The summed E-state index contributed by atoms with van der Waals surface area (Å²) in [6.45, 7) is 3.08. The largest absolute Gasteiger partial charge is 0.497 e. The van der Waals surface area contributed by atoms with Gasteiger partial charge < -0.3 is 19.4 Å². The van der Waals surface area contributed by atoms with Gasteiger partial charge in [0.25, 0.3) is 5.91 Å². The van der Waals surface area contributed by atoms with Gasteiger partial charge >= 0.3 is 0 Å². The summed E-state index contributed by atoms with van der Waals surface area (Å²) in [5.41, 5.74) is 2.30. The molecule has 3 heterocycles. The molecule has 168 valence electrons. The summed E-state index contributed by atoms with van der Waals surface area (Å²) >= 11 is 0. The maximum absolute atomic E-state index is 12.7. The van der Waals surface area contributed by atoms with Gasteiger partial charge in [-0.05, 0) is 42.4 Å². The highest BCUT2D eigenvalue weighted by Crippen LogP contribution is 2.17. The first-order chi connectivity index (χ1) is 15.5. The Morgan fingerprint density at radius 2 is 2.16 bits per heavy atom. The van der Waals surface area contributed by atoms with Gasteiger partial charge in [0.05, 0.1) is 32.0 Å². The molecule has 0 atom stereocenters. The normalized spacial score (nSPS) is 17.2. The van der Waals surface area contributed by atoms with Crippen molar-refractivity contribution in [1.82, 2.24) is 24.6 Å². The zero-order chi connectivity index (χ0) is 22.9. The summed E-state index contributed by atoms with van der Waals surface area (Å²) in [5, 5.41) is 7.06. The number of amides is 1. The van der Waals surface area contributed by atoms with Crippen LogP contribution in [0.5, 0.6) is 0 Å². The van der Waals surface area contributed by atoms with Gasteiger partial charge in [-0.3, -0.25) is 9.48 Å². The number of hydrogen-bond acceptors (Lipinski definition) is 6. The quantitative estimate of drug-likeness (QED) is 0.720. The van der Waals surface area contributed by atoms with Crippen molar-refractivity contribution >= 4 is 17.8 Å². The van der Waals surface area contributed by atoms with Crippen LogP contribution < -0.4 is 5.32 Å². The smallest absolute Gasteiger partial charge is 0.259 e. The lowest BCUT2D eigenvalue weighted by Gasteiger charge is -2.06. The number of nitrogens with one attached hydrogen (secondary N) is 1. The Morgan fingerprint density at radius 3 is 2.88 bits per heavy atom. The van der Waals surface area contributed by atoms with Crippen LogP contribution in [0.3, 0.4) is 0 Å². The Morgan fingerprint density at radius 1 is 1.31 bits per heavy atom. The SMILES string of the molecule is COCCn1cc(C(=O)NC2=N/C=C(\C(C)=C\c3nccn3C)/C=C/C(OC)=CC2)cn1. The molecule has 0 saturated carbocycles. The predicted molar refractivity (Wildman–Crippen MR) is 123 cm³/mol. The minimum Gasteiger partial charge on any atom is -0.497 e. The number of rotatable bonds is 7. The molecule has 0 aliphatic carbocycles. The van der Waals surface area contributed by atoms with E-state index in [0.717, 1.165) is 17.0 Å². The summed E-state index contributed by atoms with van der Waals surface area (Å²) in [5.74, 6) is 1.74. The molecule has 0 saturated heterocycles. The highest BCUT2D eigenvalue weighted by molar-refractivity contribution is 6.06. The lowest BCUT2D eigenvalue weighted by atomic mass is 10.1. The molecule has 9 nitrogen and oxygen atoms in total. The predicted octanol–water partition coefficient (Wildman–Crippen LogP) is 2.87. The molecule has 32 heavy (non-hydrogen) atoms. The number of ether oxygens (including phenoxy) is 2. The van der Waals surface area contributed by atoms with E-state index in [1.165, 1.54) is 6.20 Å². The van der Waals surface area contributed by atoms with Crippen LogP contribution in [0.4, 0.5) is 0 Å². The highest BCUT2D eigenvalue weighted by atomic mass is 16.5. The molecule has 0 spiro atoms. The third-order valence-electron chi connectivity index (χ3n) is 4.86. The Balaban J connectivity index is 1.83. The van der Waals surface area contributed by atoms with Crippen molar-refractivity contribution in [1.29, 1.82) is 0 Å². The van der Waals surface area contributed by atoms with Crippen molar-refractivity contribution in [3.8, 4) is 0 Å². The first-order valence-corrected chi connectivity index (χ1v) is 10.2. The molecule has 1 N–H and O–H groups in total. The lowest BCUT2D eigenvalue weighted by molar-refractivity contribution is 0.0976. The number of aliphatic imine (C=N–C) groups is 1. The topological polar surface area (TPSA) is 95.6 Å². The van der Waals surface area contributed by atoms with E-state index in [4.69, 9.17) is 9.47 Å². The number of nitrogens with zero attached hydrogens (tertiary/aromatic N) is 5. The summed E-state index contributed by atoms with van der Waals surface area (Å²) in [6.07, 6.45) is 16.6. The van der Waals surface area contributed by atoms with Gasteiger partial charge in [-0.1, -0.05) is 0 Å². The fraction of sp³-hybridized carbons (Fsp3) is 0.304. The molecule has 3 rings (SSSR count). The number of aromatic nitrogens is 4.